The largest absolute Gasteiger partial charge is 0.474 e. The maximum absolute atomic E-state index is 13.0. The number of hydrogen-bond acceptors (Lipinski definition) is 7. The Morgan fingerprint density at radius 3 is 2.65 bits per heavy atom. The molecule has 9 heteroatoms. The number of pyridine rings is 2. The van der Waals surface area contributed by atoms with Crippen LogP contribution in [0.5, 0.6) is 5.88 Å². The van der Waals surface area contributed by atoms with Crippen molar-refractivity contribution in [3.8, 4) is 5.88 Å². The molecule has 1 unspecified atom stereocenters. The molecule has 1 amide bonds. The molecule has 2 fully saturated rings. The van der Waals surface area contributed by atoms with Crippen molar-refractivity contribution in [3.63, 3.8) is 0 Å². The Hall–Kier alpha value is -2.68. The summed E-state index contributed by atoms with van der Waals surface area (Å²) in [6, 6.07) is 7.75. The van der Waals surface area contributed by atoms with Crippen LogP contribution in [-0.4, -0.2) is 42.5 Å². The average Bonchev–Trinajstić information content (AvgIpc) is 2.96. The maximum atomic E-state index is 13.0. The van der Waals surface area contributed by atoms with E-state index in [-0.39, 0.29) is 28.1 Å². The predicted octanol–water partition coefficient (Wildman–Crippen LogP) is 3.15. The monoisotopic (exact) mass is 444 g/mol. The lowest BCUT2D eigenvalue weighted by Gasteiger charge is -2.33. The molecule has 3 heterocycles. The fourth-order valence-electron chi connectivity index (χ4n) is 4.25. The van der Waals surface area contributed by atoms with Gasteiger partial charge in [-0.05, 0) is 63.6 Å². The number of anilines is 1. The molecule has 2 aromatic rings. The highest BCUT2D eigenvalue weighted by atomic mass is 32.2. The molecule has 1 N–H and O–H groups in total. The second kappa shape index (κ2) is 8.11. The van der Waals surface area contributed by atoms with Gasteiger partial charge in [0.1, 0.15) is 11.9 Å². The van der Waals surface area contributed by atoms with E-state index in [1.165, 1.54) is 6.07 Å². The van der Waals surface area contributed by atoms with Crippen molar-refractivity contribution in [1.82, 2.24) is 14.7 Å². The van der Waals surface area contributed by atoms with Crippen LogP contribution in [0.15, 0.2) is 41.6 Å². The predicted molar refractivity (Wildman–Crippen MR) is 117 cm³/mol. The van der Waals surface area contributed by atoms with Crippen molar-refractivity contribution in [3.05, 3.63) is 42.1 Å². The van der Waals surface area contributed by atoms with Gasteiger partial charge in [-0.25, -0.2) is 9.71 Å². The number of sulfonamides is 1. The molecule has 2 aromatic heterocycles. The Balaban J connectivity index is 1.57. The number of carbonyl (C=O) groups is 1. The third-order valence-corrected chi connectivity index (χ3v) is 7.13. The van der Waals surface area contributed by atoms with E-state index in [4.69, 9.17) is 4.74 Å². The summed E-state index contributed by atoms with van der Waals surface area (Å²) in [5, 5.41) is -0.252. The molecule has 31 heavy (non-hydrogen) atoms. The van der Waals surface area contributed by atoms with Gasteiger partial charge in [-0.1, -0.05) is 13.0 Å². The van der Waals surface area contributed by atoms with Crippen LogP contribution in [-0.2, 0) is 10.0 Å². The van der Waals surface area contributed by atoms with Gasteiger partial charge in [0.15, 0.2) is 5.03 Å². The molecule has 1 aliphatic carbocycles. The second-order valence-electron chi connectivity index (χ2n) is 9.03. The second-order valence-corrected chi connectivity index (χ2v) is 10.7. The van der Waals surface area contributed by atoms with E-state index in [2.05, 4.69) is 40.4 Å². The Labute approximate surface area is 183 Å². The van der Waals surface area contributed by atoms with Crippen LogP contribution in [0.2, 0.25) is 0 Å². The summed E-state index contributed by atoms with van der Waals surface area (Å²) in [6.07, 6.45) is 5.61. The molecule has 1 saturated heterocycles. The molecule has 0 bridgehead atoms. The molecule has 1 saturated carbocycles. The fourth-order valence-corrected chi connectivity index (χ4v) is 5.18. The van der Waals surface area contributed by atoms with Crippen LogP contribution in [0.3, 0.4) is 0 Å². The molecule has 166 valence electrons. The van der Waals surface area contributed by atoms with Gasteiger partial charge in [-0.15, -0.1) is 0 Å². The molecule has 2 aliphatic rings. The molecule has 0 spiro atoms. The minimum Gasteiger partial charge on any atom is -0.474 e. The highest BCUT2D eigenvalue weighted by Gasteiger charge is 2.39. The highest BCUT2D eigenvalue weighted by molar-refractivity contribution is 7.90. The topological polar surface area (TPSA) is 101 Å². The van der Waals surface area contributed by atoms with Crippen LogP contribution < -0.4 is 14.4 Å². The van der Waals surface area contributed by atoms with Crippen molar-refractivity contribution in [2.45, 2.75) is 63.1 Å². The minimum atomic E-state index is -4.17. The summed E-state index contributed by atoms with van der Waals surface area (Å²) < 4.78 is 33.6. The first-order valence-electron chi connectivity index (χ1n) is 10.6. The van der Waals surface area contributed by atoms with E-state index < -0.39 is 15.9 Å². The quantitative estimate of drug-likeness (QED) is 0.730. The molecule has 1 aliphatic heterocycles. The number of amides is 1. The Morgan fingerprint density at radius 1 is 1.23 bits per heavy atom. The number of rotatable bonds is 6. The third kappa shape index (κ3) is 4.51. The van der Waals surface area contributed by atoms with Crippen molar-refractivity contribution < 1.29 is 17.9 Å². The van der Waals surface area contributed by atoms with Gasteiger partial charge in [-0.3, -0.25) is 4.79 Å². The molecular formula is C22H28N4O4S. The molecular weight excluding hydrogens is 416 g/mol. The lowest BCUT2D eigenvalue weighted by atomic mass is 9.96. The van der Waals surface area contributed by atoms with E-state index in [0.29, 0.717) is 11.7 Å². The summed E-state index contributed by atoms with van der Waals surface area (Å²) in [5.74, 6) is 0.444. The van der Waals surface area contributed by atoms with Crippen LogP contribution in [0.4, 0.5) is 5.82 Å². The van der Waals surface area contributed by atoms with Crippen molar-refractivity contribution in [2.75, 3.05) is 11.4 Å². The lowest BCUT2D eigenvalue weighted by Crippen LogP contribution is -2.41. The first-order chi connectivity index (χ1) is 14.7. The van der Waals surface area contributed by atoms with Crippen LogP contribution in [0.1, 0.15) is 56.8 Å². The molecule has 1 atom stereocenters. The molecule has 0 radical (unpaired) electrons. The zero-order valence-electron chi connectivity index (χ0n) is 18.0. The van der Waals surface area contributed by atoms with E-state index >= 15 is 0 Å². The summed E-state index contributed by atoms with van der Waals surface area (Å²) in [7, 11) is -4.17. The van der Waals surface area contributed by atoms with Gasteiger partial charge < -0.3 is 9.64 Å². The summed E-state index contributed by atoms with van der Waals surface area (Å²) in [5.41, 5.74) is 0.0336. The number of ether oxygens (including phenoxy) is 1. The van der Waals surface area contributed by atoms with Gasteiger partial charge in [0.2, 0.25) is 5.88 Å². The number of carbonyl (C=O) groups excluding carboxylic acids is 1. The normalized spacial score (nSPS) is 20.9. The average molecular weight is 445 g/mol. The zero-order valence-corrected chi connectivity index (χ0v) is 18.9. The van der Waals surface area contributed by atoms with Gasteiger partial charge >= 0.3 is 0 Å². The van der Waals surface area contributed by atoms with Gasteiger partial charge in [0.25, 0.3) is 15.9 Å². The summed E-state index contributed by atoms with van der Waals surface area (Å²) in [6.45, 7) is 7.10. The summed E-state index contributed by atoms with van der Waals surface area (Å²) >= 11 is 0. The van der Waals surface area contributed by atoms with Crippen LogP contribution in [0.25, 0.3) is 0 Å². The summed E-state index contributed by atoms with van der Waals surface area (Å²) in [4.78, 5) is 23.6. The molecule has 8 nitrogen and oxygen atoms in total. The maximum Gasteiger partial charge on any atom is 0.281 e. The highest BCUT2D eigenvalue weighted by Crippen LogP contribution is 2.37. The Bertz CT molecular complexity index is 1080. The first kappa shape index (κ1) is 21.5. The first-order valence-corrected chi connectivity index (χ1v) is 12.1. The Kier molecular flexibility index (Phi) is 5.63. The number of nitrogens with zero attached hydrogens (tertiary/aromatic N) is 3. The minimum absolute atomic E-state index is 0.0733. The van der Waals surface area contributed by atoms with E-state index in [0.717, 1.165) is 32.2 Å². The van der Waals surface area contributed by atoms with Crippen LogP contribution >= 0.6 is 0 Å². The lowest BCUT2D eigenvalue weighted by molar-refractivity contribution is 0.0980. The zero-order chi connectivity index (χ0) is 22.2. The van der Waals surface area contributed by atoms with E-state index in [1.807, 2.05) is 0 Å². The van der Waals surface area contributed by atoms with Crippen molar-refractivity contribution in [1.29, 1.82) is 0 Å². The van der Waals surface area contributed by atoms with E-state index in [1.54, 1.807) is 30.5 Å². The van der Waals surface area contributed by atoms with Crippen molar-refractivity contribution >= 4 is 21.7 Å². The fraction of sp³-hybridized carbons (Fsp3) is 0.500. The van der Waals surface area contributed by atoms with Crippen LogP contribution in [0, 0.1) is 5.92 Å². The van der Waals surface area contributed by atoms with Gasteiger partial charge in [0, 0.05) is 24.3 Å². The Morgan fingerprint density at radius 2 is 2.00 bits per heavy atom. The van der Waals surface area contributed by atoms with E-state index in [9.17, 15) is 13.2 Å². The van der Waals surface area contributed by atoms with Gasteiger partial charge in [-0.2, -0.15) is 13.4 Å². The van der Waals surface area contributed by atoms with Crippen molar-refractivity contribution in [2.24, 2.45) is 5.92 Å². The van der Waals surface area contributed by atoms with Gasteiger partial charge in [0.05, 0.1) is 5.56 Å². The standard InChI is InChI=1S/C22H28N4O4S/c1-15-13-22(2,3)26(14-15)20-17(9-6-12-23-20)21(27)25-31(28,29)19-11-5-10-18(24-19)30-16-7-4-8-16/h5-6,9-12,15-16H,4,7-8,13-14H2,1-3H3,(H,25,27). The number of nitrogens with one attached hydrogen (secondary N) is 1. The molecule has 0 aromatic carbocycles. The SMILES string of the molecule is CC1CN(c2ncccc2C(=O)NS(=O)(=O)c2cccc(OC3CCC3)n2)C(C)(C)C1. The smallest absolute Gasteiger partial charge is 0.281 e. The number of hydrogen-bond donors (Lipinski definition) is 1. The third-order valence-electron chi connectivity index (χ3n) is 5.90. The number of aromatic nitrogens is 2. The molecule has 4 rings (SSSR count).